The molecule has 1 fully saturated rings. The standard InChI is InChI=1S/C27H27N5O4/c1-18-25-22(16-23(29-26(25)36-30-18)19-6-4-3-5-7-19)27(34)31(2)17-24(33)28-20-8-10-21(11-9-20)32-12-14-35-15-13-32/h3-11,16H,12-15,17H2,1-2H3,(H,28,33). The Morgan fingerprint density at radius 1 is 1.06 bits per heavy atom. The van der Waals surface area contributed by atoms with Gasteiger partial charge in [0.05, 0.1) is 42.1 Å². The zero-order valence-electron chi connectivity index (χ0n) is 20.2. The number of benzene rings is 2. The number of aromatic nitrogens is 2. The third-order valence-corrected chi connectivity index (χ3v) is 6.17. The van der Waals surface area contributed by atoms with Crippen LogP contribution in [0.15, 0.2) is 65.2 Å². The van der Waals surface area contributed by atoms with Crippen molar-refractivity contribution in [1.82, 2.24) is 15.0 Å². The topological polar surface area (TPSA) is 101 Å². The molecule has 0 radical (unpaired) electrons. The lowest BCUT2D eigenvalue weighted by atomic mass is 10.0. The maximum atomic E-state index is 13.4. The van der Waals surface area contributed by atoms with Crippen molar-refractivity contribution in [3.05, 3.63) is 71.9 Å². The first kappa shape index (κ1) is 23.5. The Hall–Kier alpha value is -4.24. The van der Waals surface area contributed by atoms with Crippen LogP contribution in [0.1, 0.15) is 16.1 Å². The largest absolute Gasteiger partial charge is 0.378 e. The van der Waals surface area contributed by atoms with Crippen molar-refractivity contribution in [2.75, 3.05) is 50.1 Å². The van der Waals surface area contributed by atoms with Crippen molar-refractivity contribution >= 4 is 34.3 Å². The number of nitrogens with zero attached hydrogens (tertiary/aromatic N) is 4. The molecule has 1 N–H and O–H groups in total. The number of morpholine rings is 1. The van der Waals surface area contributed by atoms with E-state index >= 15 is 0 Å². The first-order valence-corrected chi connectivity index (χ1v) is 11.8. The fourth-order valence-corrected chi connectivity index (χ4v) is 4.29. The number of carbonyl (C=O) groups is 2. The number of amides is 2. The highest BCUT2D eigenvalue weighted by Crippen LogP contribution is 2.28. The number of likely N-dealkylation sites (N-methyl/N-ethyl adjacent to an activating group) is 1. The number of hydrogen-bond acceptors (Lipinski definition) is 7. The van der Waals surface area contributed by atoms with Gasteiger partial charge in [-0.05, 0) is 37.3 Å². The van der Waals surface area contributed by atoms with Crippen LogP contribution >= 0.6 is 0 Å². The molecule has 5 rings (SSSR count). The molecule has 36 heavy (non-hydrogen) atoms. The number of hydrogen-bond donors (Lipinski definition) is 1. The van der Waals surface area contributed by atoms with Gasteiger partial charge in [0.15, 0.2) is 0 Å². The van der Waals surface area contributed by atoms with Gasteiger partial charge in [-0.1, -0.05) is 35.5 Å². The van der Waals surface area contributed by atoms with Crippen LogP contribution in [0, 0.1) is 6.92 Å². The van der Waals surface area contributed by atoms with Gasteiger partial charge in [-0.25, -0.2) is 4.98 Å². The van der Waals surface area contributed by atoms with Crippen LogP contribution < -0.4 is 10.2 Å². The summed E-state index contributed by atoms with van der Waals surface area (Å²) in [5, 5.41) is 7.41. The second-order valence-electron chi connectivity index (χ2n) is 8.72. The number of anilines is 2. The summed E-state index contributed by atoms with van der Waals surface area (Å²) in [4.78, 5) is 34.3. The predicted octanol–water partition coefficient (Wildman–Crippen LogP) is 3.75. The van der Waals surface area contributed by atoms with Crippen molar-refractivity contribution < 1.29 is 18.8 Å². The Morgan fingerprint density at radius 3 is 2.50 bits per heavy atom. The normalized spacial score (nSPS) is 13.6. The Kier molecular flexibility index (Phi) is 6.64. The highest BCUT2D eigenvalue weighted by molar-refractivity contribution is 6.08. The third-order valence-electron chi connectivity index (χ3n) is 6.17. The summed E-state index contributed by atoms with van der Waals surface area (Å²) in [7, 11) is 1.60. The van der Waals surface area contributed by atoms with Crippen molar-refractivity contribution in [1.29, 1.82) is 0 Å². The maximum absolute atomic E-state index is 13.4. The van der Waals surface area contributed by atoms with Crippen LogP contribution in [0.2, 0.25) is 0 Å². The van der Waals surface area contributed by atoms with E-state index in [1.54, 1.807) is 20.0 Å². The van der Waals surface area contributed by atoms with E-state index in [0.717, 1.165) is 24.3 Å². The van der Waals surface area contributed by atoms with E-state index in [-0.39, 0.29) is 24.1 Å². The van der Waals surface area contributed by atoms with Gasteiger partial charge < -0.3 is 24.4 Å². The Balaban J connectivity index is 1.30. The molecular weight excluding hydrogens is 458 g/mol. The number of pyridine rings is 1. The van der Waals surface area contributed by atoms with Gasteiger partial charge in [0, 0.05) is 37.1 Å². The van der Waals surface area contributed by atoms with Gasteiger partial charge in [-0.3, -0.25) is 9.59 Å². The van der Waals surface area contributed by atoms with Gasteiger partial charge in [-0.15, -0.1) is 0 Å². The zero-order valence-corrected chi connectivity index (χ0v) is 20.2. The molecule has 0 spiro atoms. The lowest BCUT2D eigenvalue weighted by molar-refractivity contribution is -0.116. The van der Waals surface area contributed by atoms with Crippen molar-refractivity contribution in [3.8, 4) is 11.3 Å². The van der Waals surface area contributed by atoms with Crippen molar-refractivity contribution in [2.24, 2.45) is 0 Å². The number of fused-ring (bicyclic) bond motifs is 1. The van der Waals surface area contributed by atoms with E-state index in [0.29, 0.717) is 41.2 Å². The second-order valence-corrected chi connectivity index (χ2v) is 8.72. The number of carbonyl (C=O) groups excluding carboxylic acids is 2. The summed E-state index contributed by atoms with van der Waals surface area (Å²) < 4.78 is 10.8. The highest BCUT2D eigenvalue weighted by Gasteiger charge is 2.23. The molecule has 1 aliphatic rings. The van der Waals surface area contributed by atoms with Gasteiger partial charge in [0.2, 0.25) is 5.91 Å². The molecule has 1 saturated heterocycles. The average molecular weight is 486 g/mol. The molecule has 3 heterocycles. The molecule has 9 heteroatoms. The van der Waals surface area contributed by atoms with Crippen molar-refractivity contribution in [3.63, 3.8) is 0 Å². The van der Waals surface area contributed by atoms with Crippen molar-refractivity contribution in [2.45, 2.75) is 6.92 Å². The predicted molar refractivity (Wildman–Crippen MR) is 137 cm³/mol. The molecule has 0 aliphatic carbocycles. The zero-order chi connectivity index (χ0) is 25.1. The first-order chi connectivity index (χ1) is 17.5. The molecule has 184 valence electrons. The molecule has 0 atom stereocenters. The van der Waals surface area contributed by atoms with E-state index < -0.39 is 0 Å². The summed E-state index contributed by atoms with van der Waals surface area (Å²) in [6.45, 7) is 4.77. The number of rotatable bonds is 6. The Labute approximate surface area is 208 Å². The summed E-state index contributed by atoms with van der Waals surface area (Å²) in [5.74, 6) is -0.607. The van der Waals surface area contributed by atoms with Gasteiger partial charge in [-0.2, -0.15) is 0 Å². The molecule has 9 nitrogen and oxygen atoms in total. The van der Waals surface area contributed by atoms with Gasteiger partial charge in [0.25, 0.3) is 11.6 Å². The van der Waals surface area contributed by atoms with Crippen LogP contribution in [0.25, 0.3) is 22.4 Å². The van der Waals surface area contributed by atoms with Crippen LogP contribution in [-0.4, -0.2) is 66.8 Å². The summed E-state index contributed by atoms with van der Waals surface area (Å²) >= 11 is 0. The van der Waals surface area contributed by atoms with E-state index in [4.69, 9.17) is 9.26 Å². The first-order valence-electron chi connectivity index (χ1n) is 11.8. The van der Waals surface area contributed by atoms with Gasteiger partial charge >= 0.3 is 0 Å². The monoisotopic (exact) mass is 485 g/mol. The third kappa shape index (κ3) is 4.92. The Bertz CT molecular complexity index is 1380. The average Bonchev–Trinajstić information content (AvgIpc) is 3.29. The molecule has 2 aromatic heterocycles. The SMILES string of the molecule is Cc1noc2nc(-c3ccccc3)cc(C(=O)N(C)CC(=O)Nc3ccc(N4CCOCC4)cc3)c12. The second kappa shape index (κ2) is 10.2. The molecular formula is C27H27N5O4. The summed E-state index contributed by atoms with van der Waals surface area (Å²) in [5.41, 5.74) is 4.45. The molecule has 2 aromatic carbocycles. The minimum Gasteiger partial charge on any atom is -0.378 e. The highest BCUT2D eigenvalue weighted by atomic mass is 16.5. The minimum absolute atomic E-state index is 0.112. The minimum atomic E-state index is -0.316. The van der Waals surface area contributed by atoms with E-state index in [1.165, 1.54) is 4.90 Å². The lowest BCUT2D eigenvalue weighted by Crippen LogP contribution is -2.36. The summed E-state index contributed by atoms with van der Waals surface area (Å²) in [6.07, 6.45) is 0. The van der Waals surface area contributed by atoms with Crippen LogP contribution in [0.4, 0.5) is 11.4 Å². The van der Waals surface area contributed by atoms with Crippen LogP contribution in [-0.2, 0) is 9.53 Å². The smallest absolute Gasteiger partial charge is 0.259 e. The Morgan fingerprint density at radius 2 is 1.78 bits per heavy atom. The van der Waals surface area contributed by atoms with E-state index in [2.05, 4.69) is 20.4 Å². The maximum Gasteiger partial charge on any atom is 0.259 e. The van der Waals surface area contributed by atoms with Gasteiger partial charge in [0.1, 0.15) is 0 Å². The fourth-order valence-electron chi connectivity index (χ4n) is 4.29. The van der Waals surface area contributed by atoms with E-state index in [1.807, 2.05) is 54.6 Å². The summed E-state index contributed by atoms with van der Waals surface area (Å²) in [6, 6.07) is 18.9. The number of aryl methyl sites for hydroxylation is 1. The quantitative estimate of drug-likeness (QED) is 0.444. The molecule has 4 aromatic rings. The molecule has 2 amide bonds. The molecule has 0 unspecified atom stereocenters. The van der Waals surface area contributed by atoms with Crippen LogP contribution in [0.5, 0.6) is 0 Å². The molecule has 0 bridgehead atoms. The molecule has 0 saturated carbocycles. The van der Waals surface area contributed by atoms with Crippen LogP contribution in [0.3, 0.4) is 0 Å². The molecule has 1 aliphatic heterocycles. The fraction of sp³-hybridized carbons (Fsp3) is 0.259. The van der Waals surface area contributed by atoms with E-state index in [9.17, 15) is 9.59 Å². The number of ether oxygens (including phenoxy) is 1. The number of nitrogens with one attached hydrogen (secondary N) is 1. The lowest BCUT2D eigenvalue weighted by Gasteiger charge is -2.28.